The molecule has 318 valence electrons. The molecule has 0 aromatic heterocycles. The number of likely N-dealkylation sites (N-methyl/N-ethyl adjacent to an activating group) is 1. The number of piperidine rings is 1. The van der Waals surface area contributed by atoms with Gasteiger partial charge in [0, 0.05) is 51.7 Å². The van der Waals surface area contributed by atoms with Crippen molar-refractivity contribution in [3.05, 3.63) is 29.3 Å². The van der Waals surface area contributed by atoms with Crippen LogP contribution in [0.2, 0.25) is 0 Å². The zero-order chi connectivity index (χ0) is 40.1. The van der Waals surface area contributed by atoms with Crippen LogP contribution in [0.3, 0.4) is 0 Å². The van der Waals surface area contributed by atoms with Crippen molar-refractivity contribution in [2.75, 3.05) is 57.8 Å². The maximum absolute atomic E-state index is 13.3. The minimum atomic E-state index is -5.56. The Morgan fingerprint density at radius 3 is 2.25 bits per heavy atom. The van der Waals surface area contributed by atoms with Gasteiger partial charge in [0.25, 0.3) is 0 Å². The van der Waals surface area contributed by atoms with Gasteiger partial charge in [-0.2, -0.15) is 22.0 Å². The molecule has 7 atom stereocenters. The number of alkyl halides is 5. The number of halogens is 5. The predicted octanol–water partition coefficient (Wildman–Crippen LogP) is 9.19. The zero-order valence-corrected chi connectivity index (χ0v) is 34.5. The van der Waals surface area contributed by atoms with Crippen LogP contribution in [-0.2, 0) is 17.6 Å². The second kappa shape index (κ2) is 19.1. The number of fused-ring (bicyclic) bond motifs is 5. The molecule has 0 spiro atoms. The number of aliphatic hydroxyl groups excluding tert-OH is 1. The molecule has 6 rings (SSSR count). The summed E-state index contributed by atoms with van der Waals surface area (Å²) in [6, 6.07) is 6.89. The average molecular weight is 816 g/mol. The first-order valence-corrected chi connectivity index (χ1v) is 23.1. The van der Waals surface area contributed by atoms with E-state index in [0.29, 0.717) is 47.6 Å². The summed E-state index contributed by atoms with van der Waals surface area (Å²) in [6.45, 7) is 8.15. The van der Waals surface area contributed by atoms with Gasteiger partial charge in [-0.3, -0.25) is 4.90 Å². The fourth-order valence-electron chi connectivity index (χ4n) is 11.1. The van der Waals surface area contributed by atoms with Crippen LogP contribution in [0.25, 0.3) is 0 Å². The summed E-state index contributed by atoms with van der Waals surface area (Å²) in [7, 11) is 2.17. The van der Waals surface area contributed by atoms with Gasteiger partial charge in [0.05, 0.1) is 6.10 Å². The van der Waals surface area contributed by atoms with Gasteiger partial charge in [-0.25, -0.2) is 4.79 Å². The normalized spacial score (nSPS) is 29.8. The standard InChI is InChI=1S/C43H66F5N3O4S/c1-41-20-16-36-35-13-12-34(55-40(53)51-21-17-33(18-22-51)50-25-23-49(2)24-26-50)30-32(35)29-31(39(36)37(41)14-15-38(41)52)11-8-6-4-3-5-7-9-27-56(54)28-10-19-42(44,45)43(46,47)48/h12-13,30-31,33,36-39,52H,3-11,14-29H2,1-2H3/t31-,36-,37+,38+,39-,41+,56?/m1/s1. The van der Waals surface area contributed by atoms with Crippen LogP contribution >= 0.6 is 0 Å². The highest BCUT2D eigenvalue weighted by molar-refractivity contribution is 7.91. The summed E-state index contributed by atoms with van der Waals surface area (Å²) < 4.78 is 81.4. The first-order chi connectivity index (χ1) is 26.7. The lowest BCUT2D eigenvalue weighted by atomic mass is 9.52. The van der Waals surface area contributed by atoms with Crippen LogP contribution in [0.5, 0.6) is 5.75 Å². The Bertz CT molecular complexity index is 1420. The lowest BCUT2D eigenvalue weighted by Gasteiger charge is -2.53. The minimum Gasteiger partial charge on any atom is -0.616 e. The van der Waals surface area contributed by atoms with Crippen molar-refractivity contribution in [3.8, 4) is 5.75 Å². The molecule has 5 aliphatic rings. The fourth-order valence-corrected chi connectivity index (χ4v) is 12.3. The molecular weight excluding hydrogens is 750 g/mol. The molecule has 1 aromatic rings. The number of piperazine rings is 1. The van der Waals surface area contributed by atoms with Gasteiger partial charge in [-0.15, -0.1) is 0 Å². The van der Waals surface area contributed by atoms with Crippen LogP contribution < -0.4 is 4.74 Å². The molecular formula is C43H66F5N3O4S. The highest BCUT2D eigenvalue weighted by Gasteiger charge is 2.57. The Balaban J connectivity index is 0.958. The SMILES string of the molecule is CN1CCN(C2CCN(C(=O)Oc3ccc4c(c3)C[C@@H](CCCCCCCCC[S+]([O-])CCCC(F)(F)C(F)(F)F)[C@@H]3[C@@H]4CC[C@]4(C)[C@@H](O)CC[C@@H]34)CC2)CC1. The number of nitrogens with zero attached hydrogens (tertiary/aromatic N) is 3. The lowest BCUT2D eigenvalue weighted by Crippen LogP contribution is -2.53. The second-order valence-corrected chi connectivity index (χ2v) is 19.8. The molecule has 1 amide bonds. The van der Waals surface area contributed by atoms with Crippen molar-refractivity contribution >= 4 is 17.3 Å². The molecule has 1 N–H and O–H groups in total. The average Bonchev–Trinajstić information content (AvgIpc) is 3.47. The number of hydrogen-bond donors (Lipinski definition) is 1. The number of likely N-dealkylation sites (tertiary alicyclic amines) is 1. The molecule has 2 aliphatic heterocycles. The summed E-state index contributed by atoms with van der Waals surface area (Å²) in [5.41, 5.74) is 2.69. The van der Waals surface area contributed by atoms with Crippen molar-refractivity contribution in [1.29, 1.82) is 0 Å². The van der Waals surface area contributed by atoms with E-state index in [1.165, 1.54) is 11.1 Å². The molecule has 3 aliphatic carbocycles. The van der Waals surface area contributed by atoms with Gasteiger partial charge in [0.15, 0.2) is 0 Å². The number of benzene rings is 1. The molecule has 0 radical (unpaired) electrons. The van der Waals surface area contributed by atoms with Gasteiger partial charge < -0.3 is 24.2 Å². The summed E-state index contributed by atoms with van der Waals surface area (Å²) >= 11 is -1.38. The fraction of sp³-hybridized carbons (Fsp3) is 0.837. The smallest absolute Gasteiger partial charge is 0.453 e. The summed E-state index contributed by atoms with van der Waals surface area (Å²) in [5.74, 6) is -1.86. The maximum Gasteiger partial charge on any atom is 0.453 e. The molecule has 2 saturated heterocycles. The molecule has 2 saturated carbocycles. The largest absolute Gasteiger partial charge is 0.616 e. The van der Waals surface area contributed by atoms with Crippen LogP contribution in [0, 0.1) is 23.2 Å². The van der Waals surface area contributed by atoms with E-state index in [-0.39, 0.29) is 23.4 Å². The van der Waals surface area contributed by atoms with Crippen molar-refractivity contribution in [3.63, 3.8) is 0 Å². The molecule has 4 fully saturated rings. The van der Waals surface area contributed by atoms with E-state index in [1.807, 2.05) is 11.0 Å². The molecule has 0 bridgehead atoms. The molecule has 2 heterocycles. The van der Waals surface area contributed by atoms with E-state index in [1.54, 1.807) is 0 Å². The number of rotatable bonds is 16. The number of aliphatic hydroxyl groups is 1. The number of unbranched alkanes of at least 4 members (excludes halogenated alkanes) is 6. The van der Waals surface area contributed by atoms with E-state index >= 15 is 0 Å². The molecule has 13 heteroatoms. The van der Waals surface area contributed by atoms with E-state index < -0.39 is 36.1 Å². The number of hydrogen-bond acceptors (Lipinski definition) is 6. The van der Waals surface area contributed by atoms with Crippen LogP contribution in [0.4, 0.5) is 26.7 Å². The first-order valence-electron chi connectivity index (χ1n) is 21.7. The third kappa shape index (κ3) is 10.5. The number of amides is 1. The maximum atomic E-state index is 13.3. The van der Waals surface area contributed by atoms with Gasteiger partial charge >= 0.3 is 18.2 Å². The van der Waals surface area contributed by atoms with Crippen molar-refractivity contribution < 1.29 is 41.1 Å². The predicted molar refractivity (Wildman–Crippen MR) is 211 cm³/mol. The summed E-state index contributed by atoms with van der Waals surface area (Å²) in [5, 5.41) is 11.1. The van der Waals surface area contributed by atoms with Crippen LogP contribution in [0.15, 0.2) is 18.2 Å². The van der Waals surface area contributed by atoms with Crippen molar-refractivity contribution in [2.24, 2.45) is 23.2 Å². The first kappa shape index (κ1) is 43.9. The molecule has 1 aromatic carbocycles. The van der Waals surface area contributed by atoms with E-state index in [0.717, 1.165) is 129 Å². The molecule has 7 nitrogen and oxygen atoms in total. The Morgan fingerprint density at radius 2 is 1.55 bits per heavy atom. The minimum absolute atomic E-state index is 0.0258. The van der Waals surface area contributed by atoms with Crippen molar-refractivity contribution in [2.45, 2.75) is 146 Å². The highest BCUT2D eigenvalue weighted by Crippen LogP contribution is 2.63. The Kier molecular flexibility index (Phi) is 15.0. The van der Waals surface area contributed by atoms with Gasteiger partial charge in [0.2, 0.25) is 0 Å². The monoisotopic (exact) mass is 815 g/mol. The Hall–Kier alpha value is -1.67. The number of ether oxygens (including phenoxy) is 1. The zero-order valence-electron chi connectivity index (χ0n) is 33.7. The van der Waals surface area contributed by atoms with Gasteiger partial charge in [-0.1, -0.05) is 56.3 Å². The van der Waals surface area contributed by atoms with Crippen LogP contribution in [0.1, 0.15) is 127 Å². The second-order valence-electron chi connectivity index (χ2n) is 18.1. The quantitative estimate of drug-likeness (QED) is 0.102. The van der Waals surface area contributed by atoms with E-state index in [4.69, 9.17) is 4.74 Å². The van der Waals surface area contributed by atoms with Gasteiger partial charge in [0.1, 0.15) is 17.3 Å². The van der Waals surface area contributed by atoms with Gasteiger partial charge in [-0.05, 0) is 130 Å². The van der Waals surface area contributed by atoms with E-state index in [9.17, 15) is 36.4 Å². The number of carbonyl (C=O) groups is 1. The third-order valence-electron chi connectivity index (χ3n) is 14.5. The Morgan fingerprint density at radius 1 is 0.893 bits per heavy atom. The van der Waals surface area contributed by atoms with E-state index in [2.05, 4.69) is 35.9 Å². The van der Waals surface area contributed by atoms with Crippen molar-refractivity contribution in [1.82, 2.24) is 14.7 Å². The lowest BCUT2D eigenvalue weighted by molar-refractivity contribution is -0.284. The number of carbonyl (C=O) groups excluding carboxylic acids is 1. The highest BCUT2D eigenvalue weighted by atomic mass is 32.2. The summed E-state index contributed by atoms with van der Waals surface area (Å²) in [4.78, 5) is 20.2. The Labute approximate surface area is 334 Å². The summed E-state index contributed by atoms with van der Waals surface area (Å²) in [6.07, 6.45) is 7.31. The topological polar surface area (TPSA) is 79.3 Å². The molecule has 56 heavy (non-hydrogen) atoms. The van der Waals surface area contributed by atoms with Crippen LogP contribution in [-0.4, -0.2) is 113 Å². The molecule has 1 unspecified atom stereocenters. The third-order valence-corrected chi connectivity index (χ3v) is 16.0.